The van der Waals surface area contributed by atoms with Crippen molar-refractivity contribution < 1.29 is 14.7 Å². The van der Waals surface area contributed by atoms with Crippen LogP contribution in [0.3, 0.4) is 0 Å². The Kier molecular flexibility index (Phi) is 5.35. The maximum atomic E-state index is 12.3. The second kappa shape index (κ2) is 6.83. The van der Waals surface area contributed by atoms with Gasteiger partial charge in [0, 0.05) is 6.54 Å². The first-order valence-corrected chi connectivity index (χ1v) is 8.76. The molecule has 2 rings (SSSR count). The van der Waals surface area contributed by atoms with E-state index in [0.29, 0.717) is 24.1 Å². The van der Waals surface area contributed by atoms with E-state index in [-0.39, 0.29) is 11.8 Å². The van der Waals surface area contributed by atoms with Crippen molar-refractivity contribution in [3.8, 4) is 0 Å². The van der Waals surface area contributed by atoms with Gasteiger partial charge in [0.05, 0.1) is 5.75 Å². The molecule has 0 radical (unpaired) electrons. The molecule has 1 saturated heterocycles. The third kappa shape index (κ3) is 3.48. The summed E-state index contributed by atoms with van der Waals surface area (Å²) in [4.78, 5) is 25.4. The fourth-order valence-corrected chi connectivity index (χ4v) is 4.56. The van der Waals surface area contributed by atoms with Crippen molar-refractivity contribution in [2.24, 2.45) is 17.8 Å². The molecule has 1 amide bonds. The number of aliphatic carboxylic acids is 1. The fourth-order valence-electron chi connectivity index (χ4n) is 3.44. The van der Waals surface area contributed by atoms with E-state index in [1.54, 1.807) is 16.7 Å². The van der Waals surface area contributed by atoms with Crippen LogP contribution in [0.2, 0.25) is 0 Å². The molecular weight excluding hydrogens is 274 g/mol. The van der Waals surface area contributed by atoms with Gasteiger partial charge in [-0.15, -0.1) is 0 Å². The second-order valence-corrected chi connectivity index (χ2v) is 7.52. The lowest BCUT2D eigenvalue weighted by Gasteiger charge is -2.24. The highest BCUT2D eigenvalue weighted by Gasteiger charge is 2.49. The fraction of sp³-hybridized carbons (Fsp3) is 0.867. The topological polar surface area (TPSA) is 57.6 Å². The predicted octanol–water partition coefficient (Wildman–Crippen LogP) is 2.48. The number of carboxylic acid groups (broad SMARTS) is 1. The molecule has 114 valence electrons. The van der Waals surface area contributed by atoms with Gasteiger partial charge in [-0.25, -0.2) is 4.79 Å². The Balaban J connectivity index is 1.87. The number of hydrogen-bond acceptors (Lipinski definition) is 3. The van der Waals surface area contributed by atoms with Crippen LogP contribution in [0.4, 0.5) is 0 Å². The number of thioether (sulfide) groups is 1. The van der Waals surface area contributed by atoms with Gasteiger partial charge in [-0.1, -0.05) is 20.3 Å². The van der Waals surface area contributed by atoms with Crippen molar-refractivity contribution in [3.63, 3.8) is 0 Å². The molecule has 0 bridgehead atoms. The lowest BCUT2D eigenvalue weighted by Crippen LogP contribution is -2.44. The van der Waals surface area contributed by atoms with Gasteiger partial charge in [-0.05, 0) is 42.8 Å². The smallest absolute Gasteiger partial charge is 0.326 e. The van der Waals surface area contributed by atoms with Crippen molar-refractivity contribution in [1.82, 2.24) is 4.90 Å². The maximum absolute atomic E-state index is 12.3. The van der Waals surface area contributed by atoms with Crippen LogP contribution in [0.1, 0.15) is 39.5 Å². The van der Waals surface area contributed by atoms with Crippen LogP contribution in [0, 0.1) is 17.8 Å². The minimum absolute atomic E-state index is 0.0144. The first kappa shape index (κ1) is 15.7. The predicted molar refractivity (Wildman–Crippen MR) is 80.7 cm³/mol. The number of amides is 1. The Morgan fingerprint density at radius 3 is 2.75 bits per heavy atom. The summed E-state index contributed by atoms with van der Waals surface area (Å²) in [6.45, 7) is 5.00. The van der Waals surface area contributed by atoms with Crippen molar-refractivity contribution in [2.75, 3.05) is 18.1 Å². The maximum Gasteiger partial charge on any atom is 0.326 e. The van der Waals surface area contributed by atoms with Gasteiger partial charge in [0.25, 0.3) is 0 Å². The molecule has 1 aliphatic heterocycles. The molecule has 0 aromatic heterocycles. The molecule has 2 fully saturated rings. The highest BCUT2D eigenvalue weighted by molar-refractivity contribution is 7.99. The van der Waals surface area contributed by atoms with Crippen molar-refractivity contribution >= 4 is 23.6 Å². The molecule has 1 aliphatic carbocycles. The molecule has 20 heavy (non-hydrogen) atoms. The number of nitrogens with zero attached hydrogens (tertiary/aromatic N) is 1. The number of fused-ring (bicyclic) bond motifs is 1. The zero-order chi connectivity index (χ0) is 14.7. The summed E-state index contributed by atoms with van der Waals surface area (Å²) in [5.41, 5.74) is 0. The SMILES string of the molecule is CC(C)CCSCC(=O)N1CC2CCCC2C1C(=O)O. The van der Waals surface area contributed by atoms with E-state index in [0.717, 1.165) is 31.4 Å². The Bertz CT molecular complexity index is 372. The van der Waals surface area contributed by atoms with E-state index < -0.39 is 12.0 Å². The molecular formula is C15H25NO3S. The Hall–Kier alpha value is -0.710. The van der Waals surface area contributed by atoms with Crippen molar-refractivity contribution in [3.05, 3.63) is 0 Å². The van der Waals surface area contributed by atoms with Crippen LogP contribution < -0.4 is 0 Å². The van der Waals surface area contributed by atoms with E-state index in [1.807, 2.05) is 0 Å². The molecule has 1 N–H and O–H groups in total. The average molecular weight is 299 g/mol. The van der Waals surface area contributed by atoms with Crippen LogP contribution in [-0.4, -0.2) is 46.0 Å². The zero-order valence-corrected chi connectivity index (χ0v) is 13.2. The van der Waals surface area contributed by atoms with Gasteiger partial charge in [-0.3, -0.25) is 4.79 Å². The average Bonchev–Trinajstić information content (AvgIpc) is 2.92. The number of carboxylic acids is 1. The molecule has 1 heterocycles. The quantitative estimate of drug-likeness (QED) is 0.766. The van der Waals surface area contributed by atoms with Gasteiger partial charge in [0.1, 0.15) is 6.04 Å². The molecule has 1 saturated carbocycles. The lowest BCUT2D eigenvalue weighted by atomic mass is 9.94. The van der Waals surface area contributed by atoms with Crippen LogP contribution >= 0.6 is 11.8 Å². The molecule has 4 nitrogen and oxygen atoms in total. The number of rotatable bonds is 6. The lowest BCUT2D eigenvalue weighted by molar-refractivity contribution is -0.148. The van der Waals surface area contributed by atoms with E-state index in [2.05, 4.69) is 13.8 Å². The zero-order valence-electron chi connectivity index (χ0n) is 12.4. The van der Waals surface area contributed by atoms with Gasteiger partial charge in [0.2, 0.25) is 5.91 Å². The summed E-state index contributed by atoms with van der Waals surface area (Å²) >= 11 is 1.63. The van der Waals surface area contributed by atoms with E-state index >= 15 is 0 Å². The molecule has 3 unspecified atom stereocenters. The standard InChI is InChI=1S/C15H25NO3S/c1-10(2)6-7-20-9-13(17)16-8-11-4-3-5-12(11)14(16)15(18)19/h10-12,14H,3-9H2,1-2H3,(H,18,19). The highest BCUT2D eigenvalue weighted by Crippen LogP contribution is 2.42. The largest absolute Gasteiger partial charge is 0.480 e. The summed E-state index contributed by atoms with van der Waals surface area (Å²) < 4.78 is 0. The Labute approximate surface area is 125 Å². The minimum atomic E-state index is -0.820. The van der Waals surface area contributed by atoms with E-state index in [1.165, 1.54) is 0 Å². The van der Waals surface area contributed by atoms with Gasteiger partial charge >= 0.3 is 5.97 Å². The van der Waals surface area contributed by atoms with E-state index in [4.69, 9.17) is 0 Å². The minimum Gasteiger partial charge on any atom is -0.480 e. The third-order valence-electron chi connectivity index (χ3n) is 4.53. The van der Waals surface area contributed by atoms with Gasteiger partial charge < -0.3 is 10.0 Å². The highest BCUT2D eigenvalue weighted by atomic mass is 32.2. The van der Waals surface area contributed by atoms with E-state index in [9.17, 15) is 14.7 Å². The number of carbonyl (C=O) groups is 2. The monoisotopic (exact) mass is 299 g/mol. The summed E-state index contributed by atoms with van der Waals surface area (Å²) in [7, 11) is 0. The molecule has 3 atom stereocenters. The first-order valence-electron chi connectivity index (χ1n) is 7.60. The Morgan fingerprint density at radius 1 is 1.35 bits per heavy atom. The number of hydrogen-bond donors (Lipinski definition) is 1. The summed E-state index contributed by atoms with van der Waals surface area (Å²) in [6, 6.07) is -0.569. The van der Waals surface area contributed by atoms with Gasteiger partial charge in [0.15, 0.2) is 0 Å². The molecule has 0 aromatic rings. The van der Waals surface area contributed by atoms with Crippen LogP contribution in [0.5, 0.6) is 0 Å². The summed E-state index contributed by atoms with van der Waals surface area (Å²) in [5, 5.41) is 9.42. The molecule has 0 spiro atoms. The normalized spacial score (nSPS) is 28.9. The first-order chi connectivity index (χ1) is 9.50. The van der Waals surface area contributed by atoms with Gasteiger partial charge in [-0.2, -0.15) is 11.8 Å². The number of likely N-dealkylation sites (tertiary alicyclic amines) is 1. The molecule has 5 heteroatoms. The van der Waals surface area contributed by atoms with Crippen molar-refractivity contribution in [2.45, 2.75) is 45.6 Å². The molecule has 2 aliphatic rings. The third-order valence-corrected chi connectivity index (χ3v) is 5.50. The van der Waals surface area contributed by atoms with Crippen LogP contribution in [0.25, 0.3) is 0 Å². The Morgan fingerprint density at radius 2 is 2.10 bits per heavy atom. The summed E-state index contributed by atoms with van der Waals surface area (Å²) in [5.74, 6) is 1.85. The van der Waals surface area contributed by atoms with Crippen molar-refractivity contribution in [1.29, 1.82) is 0 Å². The second-order valence-electron chi connectivity index (χ2n) is 6.42. The van der Waals surface area contributed by atoms with Crippen LogP contribution in [0.15, 0.2) is 0 Å². The summed E-state index contributed by atoms with van der Waals surface area (Å²) in [6.07, 6.45) is 4.26. The van der Waals surface area contributed by atoms with Crippen LogP contribution in [-0.2, 0) is 9.59 Å². The number of carbonyl (C=O) groups excluding carboxylic acids is 1. The molecule has 0 aromatic carbocycles.